The van der Waals surface area contributed by atoms with Gasteiger partial charge in [-0.05, 0) is 17.9 Å². The molecule has 0 aliphatic carbocycles. The van der Waals surface area contributed by atoms with E-state index in [4.69, 9.17) is 0 Å². The number of hydrogen-bond donors (Lipinski definition) is 1. The Balaban J connectivity index is 2.14. The summed E-state index contributed by atoms with van der Waals surface area (Å²) in [5.74, 6) is 0.123. The second-order valence-electron chi connectivity index (χ2n) is 5.23. The minimum Gasteiger partial charge on any atom is -0.336 e. The van der Waals surface area contributed by atoms with Crippen molar-refractivity contribution in [3.05, 3.63) is 35.0 Å². The lowest BCUT2D eigenvalue weighted by molar-refractivity contribution is -0.135. The Morgan fingerprint density at radius 3 is 3.05 bits per heavy atom. The molecule has 21 heavy (non-hydrogen) atoms. The highest BCUT2D eigenvalue weighted by molar-refractivity contribution is 7.10. The van der Waals surface area contributed by atoms with Gasteiger partial charge in [0.05, 0.1) is 12.1 Å². The molecule has 2 unspecified atom stereocenters. The number of nitrogens with zero attached hydrogens (tertiary/aromatic N) is 2. The Morgan fingerprint density at radius 1 is 1.67 bits per heavy atom. The van der Waals surface area contributed by atoms with Crippen LogP contribution in [0.1, 0.15) is 23.8 Å². The largest absolute Gasteiger partial charge is 0.336 e. The van der Waals surface area contributed by atoms with E-state index in [0.717, 1.165) is 4.88 Å². The van der Waals surface area contributed by atoms with Crippen molar-refractivity contribution in [3.63, 3.8) is 0 Å². The summed E-state index contributed by atoms with van der Waals surface area (Å²) in [6.07, 6.45) is 2.82. The quantitative estimate of drug-likeness (QED) is 0.867. The van der Waals surface area contributed by atoms with E-state index in [1.807, 2.05) is 17.5 Å². The van der Waals surface area contributed by atoms with Crippen molar-refractivity contribution < 1.29 is 9.59 Å². The van der Waals surface area contributed by atoms with Gasteiger partial charge in [0.1, 0.15) is 0 Å². The predicted molar refractivity (Wildman–Crippen MR) is 84.2 cm³/mol. The molecule has 1 fully saturated rings. The van der Waals surface area contributed by atoms with E-state index < -0.39 is 0 Å². The van der Waals surface area contributed by atoms with E-state index in [1.165, 1.54) is 0 Å². The average molecular weight is 307 g/mol. The maximum atomic E-state index is 12.2. The first kappa shape index (κ1) is 15.6. The Labute approximate surface area is 129 Å². The standard InChI is InChI=1S/C15H21N3O2S/c1-4-9-17(2)15(20)16-11-7-8-13(19)18(3)14(11)12-6-5-10-21-12/h4-6,10-11,14H,1,7-9H2,2-3H3,(H,16,20). The summed E-state index contributed by atoms with van der Waals surface area (Å²) < 4.78 is 0. The second-order valence-corrected chi connectivity index (χ2v) is 6.21. The van der Waals surface area contributed by atoms with E-state index in [0.29, 0.717) is 19.4 Å². The third-order valence-electron chi connectivity index (χ3n) is 3.75. The molecule has 1 aromatic heterocycles. The van der Waals surface area contributed by atoms with Gasteiger partial charge in [-0.3, -0.25) is 4.79 Å². The highest BCUT2D eigenvalue weighted by Gasteiger charge is 2.36. The molecule has 1 aliphatic rings. The van der Waals surface area contributed by atoms with Gasteiger partial charge < -0.3 is 15.1 Å². The first-order chi connectivity index (χ1) is 10.0. The number of piperidine rings is 1. The predicted octanol–water partition coefficient (Wildman–Crippen LogP) is 2.24. The molecule has 0 bridgehead atoms. The number of amides is 3. The van der Waals surface area contributed by atoms with Crippen molar-refractivity contribution in [2.45, 2.75) is 24.9 Å². The minimum atomic E-state index is -0.135. The van der Waals surface area contributed by atoms with Crippen molar-refractivity contribution >= 4 is 23.3 Å². The van der Waals surface area contributed by atoms with Gasteiger partial charge >= 0.3 is 6.03 Å². The molecule has 0 spiro atoms. The van der Waals surface area contributed by atoms with Crippen LogP contribution in [0.25, 0.3) is 0 Å². The lowest BCUT2D eigenvalue weighted by Gasteiger charge is -2.39. The number of rotatable bonds is 4. The molecule has 1 N–H and O–H groups in total. The first-order valence-corrected chi connectivity index (χ1v) is 7.84. The molecule has 2 heterocycles. The van der Waals surface area contributed by atoms with Gasteiger partial charge in [-0.1, -0.05) is 12.1 Å². The highest BCUT2D eigenvalue weighted by Crippen LogP contribution is 2.33. The van der Waals surface area contributed by atoms with Gasteiger partial charge in [0, 0.05) is 31.9 Å². The van der Waals surface area contributed by atoms with Crippen LogP contribution in [0.2, 0.25) is 0 Å². The SMILES string of the molecule is C=CCN(C)C(=O)NC1CCC(=O)N(C)C1c1cccs1. The summed E-state index contributed by atoms with van der Waals surface area (Å²) in [7, 11) is 3.54. The van der Waals surface area contributed by atoms with Gasteiger partial charge in [-0.25, -0.2) is 4.79 Å². The Kier molecular flexibility index (Phi) is 5.01. The highest BCUT2D eigenvalue weighted by atomic mass is 32.1. The third kappa shape index (κ3) is 3.44. The van der Waals surface area contributed by atoms with E-state index in [-0.39, 0.29) is 24.0 Å². The summed E-state index contributed by atoms with van der Waals surface area (Å²) in [4.78, 5) is 28.6. The topological polar surface area (TPSA) is 52.7 Å². The number of thiophene rings is 1. The van der Waals surface area contributed by atoms with Crippen molar-refractivity contribution in [2.75, 3.05) is 20.6 Å². The molecular weight excluding hydrogens is 286 g/mol. The van der Waals surface area contributed by atoms with Crippen molar-refractivity contribution in [2.24, 2.45) is 0 Å². The molecule has 1 saturated heterocycles. The summed E-state index contributed by atoms with van der Waals surface area (Å²) >= 11 is 1.61. The maximum Gasteiger partial charge on any atom is 0.317 e. The number of carbonyl (C=O) groups excluding carboxylic acids is 2. The van der Waals surface area contributed by atoms with E-state index in [1.54, 1.807) is 41.3 Å². The van der Waals surface area contributed by atoms with Crippen LogP contribution in [0, 0.1) is 0 Å². The molecule has 2 atom stereocenters. The number of likely N-dealkylation sites (tertiary alicyclic amines) is 1. The van der Waals surface area contributed by atoms with Crippen LogP contribution in [-0.2, 0) is 4.79 Å². The van der Waals surface area contributed by atoms with Gasteiger partial charge in [-0.2, -0.15) is 0 Å². The van der Waals surface area contributed by atoms with Crippen LogP contribution < -0.4 is 5.32 Å². The molecule has 0 radical (unpaired) electrons. The fourth-order valence-electron chi connectivity index (χ4n) is 2.58. The number of nitrogens with one attached hydrogen (secondary N) is 1. The summed E-state index contributed by atoms with van der Waals surface area (Å²) in [6.45, 7) is 4.13. The zero-order chi connectivity index (χ0) is 15.4. The molecule has 3 amide bonds. The molecule has 114 valence electrons. The van der Waals surface area contributed by atoms with Gasteiger partial charge in [0.2, 0.25) is 5.91 Å². The van der Waals surface area contributed by atoms with Crippen LogP contribution in [0.4, 0.5) is 4.79 Å². The number of likely N-dealkylation sites (N-methyl/N-ethyl adjacent to an activating group) is 2. The minimum absolute atomic E-state index is 0.0638. The summed E-state index contributed by atoms with van der Waals surface area (Å²) in [5, 5.41) is 5.04. The van der Waals surface area contributed by atoms with Crippen molar-refractivity contribution in [3.8, 4) is 0 Å². The van der Waals surface area contributed by atoms with Crippen LogP contribution in [-0.4, -0.2) is 48.4 Å². The van der Waals surface area contributed by atoms with Gasteiger partial charge in [0.25, 0.3) is 0 Å². The molecule has 1 aliphatic heterocycles. The number of urea groups is 1. The Hall–Kier alpha value is -1.82. The lowest BCUT2D eigenvalue weighted by Crippen LogP contribution is -2.53. The van der Waals surface area contributed by atoms with Crippen LogP contribution >= 0.6 is 11.3 Å². The van der Waals surface area contributed by atoms with Gasteiger partial charge in [-0.15, -0.1) is 17.9 Å². The van der Waals surface area contributed by atoms with Crippen LogP contribution in [0.3, 0.4) is 0 Å². The Bertz CT molecular complexity index is 515. The summed E-state index contributed by atoms with van der Waals surface area (Å²) in [6, 6.07) is 3.69. The molecule has 5 nitrogen and oxygen atoms in total. The molecule has 2 rings (SSSR count). The van der Waals surface area contributed by atoms with Crippen LogP contribution in [0.15, 0.2) is 30.2 Å². The zero-order valence-electron chi connectivity index (χ0n) is 12.4. The second kappa shape index (κ2) is 6.76. The van der Waals surface area contributed by atoms with E-state index >= 15 is 0 Å². The smallest absolute Gasteiger partial charge is 0.317 e. The zero-order valence-corrected chi connectivity index (χ0v) is 13.2. The summed E-state index contributed by atoms with van der Waals surface area (Å²) in [5.41, 5.74) is 0. The normalized spacial score (nSPS) is 22.0. The lowest BCUT2D eigenvalue weighted by atomic mass is 9.95. The fraction of sp³-hybridized carbons (Fsp3) is 0.467. The molecule has 0 aromatic carbocycles. The van der Waals surface area contributed by atoms with Gasteiger partial charge in [0.15, 0.2) is 0 Å². The van der Waals surface area contributed by atoms with Crippen LogP contribution in [0.5, 0.6) is 0 Å². The number of hydrogen-bond acceptors (Lipinski definition) is 3. The van der Waals surface area contributed by atoms with Crippen molar-refractivity contribution in [1.82, 2.24) is 15.1 Å². The first-order valence-electron chi connectivity index (χ1n) is 6.96. The average Bonchev–Trinajstić information content (AvgIpc) is 2.97. The van der Waals surface area contributed by atoms with E-state index in [2.05, 4.69) is 11.9 Å². The Morgan fingerprint density at radius 2 is 2.43 bits per heavy atom. The molecular formula is C15H21N3O2S. The fourth-order valence-corrected chi connectivity index (χ4v) is 3.52. The molecule has 1 aromatic rings. The monoisotopic (exact) mass is 307 g/mol. The maximum absolute atomic E-state index is 12.2. The van der Waals surface area contributed by atoms with E-state index in [9.17, 15) is 9.59 Å². The molecule has 0 saturated carbocycles. The van der Waals surface area contributed by atoms with Crippen molar-refractivity contribution in [1.29, 1.82) is 0 Å². The molecule has 6 heteroatoms. The number of carbonyl (C=O) groups is 2. The third-order valence-corrected chi connectivity index (χ3v) is 4.70.